The van der Waals surface area contributed by atoms with Crippen LogP contribution in [-0.2, 0) is 6.42 Å². The van der Waals surface area contributed by atoms with Gasteiger partial charge in [0.2, 0.25) is 0 Å². The fourth-order valence-corrected chi connectivity index (χ4v) is 6.03. The topological polar surface area (TPSA) is 52.5 Å². The quantitative estimate of drug-likeness (QED) is 0.499. The maximum atomic E-state index is 10.9. The Hall–Kier alpha value is -2.00. The fourth-order valence-electron chi connectivity index (χ4n) is 6.03. The Labute approximate surface area is 181 Å². The predicted octanol–water partition coefficient (Wildman–Crippen LogP) is 6.21. The van der Waals surface area contributed by atoms with Gasteiger partial charge >= 0.3 is 0 Å². The first kappa shape index (κ1) is 21.2. The molecule has 3 nitrogen and oxygen atoms in total. The summed E-state index contributed by atoms with van der Waals surface area (Å²) in [6, 6.07) is 14.8. The molecular weight excluding hydrogens is 370 g/mol. The first-order valence-electron chi connectivity index (χ1n) is 11.7. The second kappa shape index (κ2) is 8.63. The zero-order valence-corrected chi connectivity index (χ0v) is 18.7. The van der Waals surface area contributed by atoms with Crippen LogP contribution in [-0.4, -0.2) is 22.4 Å². The Kier molecular flexibility index (Phi) is 6.11. The zero-order valence-electron chi connectivity index (χ0n) is 18.7. The Morgan fingerprint density at radius 2 is 1.90 bits per heavy atom. The van der Waals surface area contributed by atoms with Gasteiger partial charge in [0, 0.05) is 17.8 Å². The number of aliphatic hydroxyl groups is 1. The van der Waals surface area contributed by atoms with Crippen LogP contribution >= 0.6 is 0 Å². The minimum absolute atomic E-state index is 0.00367. The molecule has 1 aliphatic heterocycles. The highest BCUT2D eigenvalue weighted by Gasteiger charge is 2.46. The van der Waals surface area contributed by atoms with Crippen LogP contribution in [0.15, 0.2) is 42.5 Å². The summed E-state index contributed by atoms with van der Waals surface area (Å²) < 4.78 is 0. The van der Waals surface area contributed by atoms with Crippen molar-refractivity contribution >= 4 is 5.69 Å². The van der Waals surface area contributed by atoms with Gasteiger partial charge in [-0.1, -0.05) is 43.7 Å². The second-order valence-electron chi connectivity index (χ2n) is 10.1. The van der Waals surface area contributed by atoms with E-state index in [2.05, 4.69) is 62.5 Å². The number of aromatic hydroxyl groups is 1. The number of benzene rings is 2. The van der Waals surface area contributed by atoms with E-state index < -0.39 is 0 Å². The van der Waals surface area contributed by atoms with Gasteiger partial charge in [0.25, 0.3) is 0 Å². The van der Waals surface area contributed by atoms with E-state index in [1.54, 1.807) is 0 Å². The average molecular weight is 408 g/mol. The summed E-state index contributed by atoms with van der Waals surface area (Å²) in [7, 11) is 0. The Bertz CT molecular complexity index is 861. The molecule has 4 atom stereocenters. The zero-order chi connectivity index (χ0) is 21.3. The van der Waals surface area contributed by atoms with E-state index in [-0.39, 0.29) is 18.1 Å². The summed E-state index contributed by atoms with van der Waals surface area (Å²) in [6.07, 6.45) is 6.66. The van der Waals surface area contributed by atoms with Gasteiger partial charge in [0.15, 0.2) is 0 Å². The highest BCUT2D eigenvalue weighted by molar-refractivity contribution is 5.63. The van der Waals surface area contributed by atoms with Gasteiger partial charge in [-0.25, -0.2) is 0 Å². The Balaban J connectivity index is 1.56. The van der Waals surface area contributed by atoms with E-state index in [4.69, 9.17) is 0 Å². The molecule has 3 N–H and O–H groups in total. The molecular formula is C27H37NO2. The van der Waals surface area contributed by atoms with Crippen LogP contribution in [0, 0.1) is 11.8 Å². The number of hydrogen-bond donors (Lipinski definition) is 3. The molecule has 0 amide bonds. The number of anilines is 1. The third kappa shape index (κ3) is 4.09. The van der Waals surface area contributed by atoms with Crippen LogP contribution in [0.4, 0.5) is 5.69 Å². The number of hydrogen-bond acceptors (Lipinski definition) is 3. The molecule has 4 unspecified atom stereocenters. The summed E-state index contributed by atoms with van der Waals surface area (Å²) in [4.78, 5) is 0. The summed E-state index contributed by atoms with van der Waals surface area (Å²) in [5.41, 5.74) is 4.78. The van der Waals surface area contributed by atoms with E-state index in [9.17, 15) is 10.2 Å². The second-order valence-corrected chi connectivity index (χ2v) is 10.1. The Morgan fingerprint density at radius 3 is 2.63 bits per heavy atom. The van der Waals surface area contributed by atoms with Crippen LogP contribution in [0.25, 0.3) is 0 Å². The summed E-state index contributed by atoms with van der Waals surface area (Å²) in [5, 5.41) is 24.8. The number of phenols is 1. The van der Waals surface area contributed by atoms with Crippen molar-refractivity contribution in [1.29, 1.82) is 0 Å². The molecule has 1 heterocycles. The number of rotatable bonds is 6. The van der Waals surface area contributed by atoms with Gasteiger partial charge < -0.3 is 15.5 Å². The molecule has 0 aromatic heterocycles. The molecule has 2 aromatic rings. The van der Waals surface area contributed by atoms with Crippen molar-refractivity contribution < 1.29 is 10.2 Å². The molecule has 4 rings (SSSR count). The molecule has 1 saturated carbocycles. The smallest absolute Gasteiger partial charge is 0.119 e. The summed E-state index contributed by atoms with van der Waals surface area (Å²) in [5.74, 6) is 1.83. The average Bonchev–Trinajstić information content (AvgIpc) is 2.74. The fraction of sp³-hybridized carbons (Fsp3) is 0.556. The molecule has 3 heteroatoms. The number of nitrogens with one attached hydrogen (secondary N) is 1. The normalized spacial score (nSPS) is 25.7. The van der Waals surface area contributed by atoms with Crippen LogP contribution in [0.5, 0.6) is 5.75 Å². The van der Waals surface area contributed by atoms with Gasteiger partial charge in [-0.3, -0.25) is 0 Å². The van der Waals surface area contributed by atoms with E-state index in [1.807, 2.05) is 6.07 Å². The third-order valence-corrected chi connectivity index (χ3v) is 7.68. The number of aryl methyl sites for hydroxylation is 1. The van der Waals surface area contributed by atoms with Crippen LogP contribution in [0.3, 0.4) is 0 Å². The molecule has 0 spiro atoms. The molecule has 1 fully saturated rings. The lowest BCUT2D eigenvalue weighted by molar-refractivity contribution is 0.101. The van der Waals surface area contributed by atoms with Gasteiger partial charge in [-0.15, -0.1) is 0 Å². The number of fused-ring (bicyclic) bond motifs is 3. The molecule has 0 bridgehead atoms. The van der Waals surface area contributed by atoms with Gasteiger partial charge in [0.05, 0.1) is 0 Å². The minimum atomic E-state index is -0.00367. The van der Waals surface area contributed by atoms with Crippen LogP contribution < -0.4 is 5.32 Å². The molecule has 2 aliphatic rings. The van der Waals surface area contributed by atoms with Crippen LogP contribution in [0.2, 0.25) is 0 Å². The van der Waals surface area contributed by atoms with Gasteiger partial charge in [0.1, 0.15) is 5.75 Å². The third-order valence-electron chi connectivity index (χ3n) is 7.68. The van der Waals surface area contributed by atoms with Crippen molar-refractivity contribution in [3.63, 3.8) is 0 Å². The molecule has 1 aliphatic carbocycles. The van der Waals surface area contributed by atoms with E-state index in [0.717, 1.165) is 36.9 Å². The van der Waals surface area contributed by atoms with Crippen molar-refractivity contribution in [1.82, 2.24) is 0 Å². The SMILES string of the molecule is CC(CCCc1ccccc1)c1cc2c(cc1O)C1C(CO)CCCC1C(C)(C)N2. The van der Waals surface area contributed by atoms with E-state index >= 15 is 0 Å². The van der Waals surface area contributed by atoms with Crippen molar-refractivity contribution in [3.05, 3.63) is 59.2 Å². The molecule has 0 saturated heterocycles. The van der Waals surface area contributed by atoms with E-state index in [0.29, 0.717) is 23.5 Å². The standard InChI is InChI=1S/C27H37NO2/c1-18(9-7-12-19-10-5-4-6-11-19)21-15-24-22(16-25(21)30)26-20(17-29)13-8-14-23(26)27(2,3)28-24/h4-6,10-11,15-16,18,20,23,26,28-30H,7-9,12-14,17H2,1-3H3. The maximum absolute atomic E-state index is 10.9. The minimum Gasteiger partial charge on any atom is -0.508 e. The Morgan fingerprint density at radius 1 is 1.13 bits per heavy atom. The maximum Gasteiger partial charge on any atom is 0.119 e. The van der Waals surface area contributed by atoms with Gasteiger partial charge in [-0.05, 0) is 98.4 Å². The highest BCUT2D eigenvalue weighted by atomic mass is 16.3. The number of aliphatic hydroxyl groups excluding tert-OH is 1. The van der Waals surface area contributed by atoms with Crippen LogP contribution in [0.1, 0.15) is 81.4 Å². The molecule has 162 valence electrons. The number of phenolic OH excluding ortho intramolecular Hbond substituents is 1. The van der Waals surface area contributed by atoms with E-state index in [1.165, 1.54) is 24.0 Å². The highest BCUT2D eigenvalue weighted by Crippen LogP contribution is 2.54. The predicted molar refractivity (Wildman–Crippen MR) is 124 cm³/mol. The molecule has 2 aromatic carbocycles. The lowest BCUT2D eigenvalue weighted by Gasteiger charge is -2.51. The van der Waals surface area contributed by atoms with Crippen molar-refractivity contribution in [2.45, 2.75) is 76.7 Å². The largest absolute Gasteiger partial charge is 0.508 e. The van der Waals surface area contributed by atoms with Crippen molar-refractivity contribution in [3.8, 4) is 5.75 Å². The van der Waals surface area contributed by atoms with Crippen molar-refractivity contribution in [2.75, 3.05) is 11.9 Å². The summed E-state index contributed by atoms with van der Waals surface area (Å²) >= 11 is 0. The van der Waals surface area contributed by atoms with Crippen molar-refractivity contribution in [2.24, 2.45) is 11.8 Å². The lowest BCUT2D eigenvalue weighted by Crippen LogP contribution is -2.50. The lowest BCUT2D eigenvalue weighted by atomic mass is 9.60. The first-order valence-corrected chi connectivity index (χ1v) is 11.7. The molecule has 0 radical (unpaired) electrons. The monoisotopic (exact) mass is 407 g/mol. The molecule has 30 heavy (non-hydrogen) atoms. The van der Waals surface area contributed by atoms with Gasteiger partial charge in [-0.2, -0.15) is 0 Å². The first-order chi connectivity index (χ1) is 14.4. The summed E-state index contributed by atoms with van der Waals surface area (Å²) in [6.45, 7) is 7.04.